The zero-order valence-electron chi connectivity index (χ0n) is 20.1. The highest BCUT2D eigenvalue weighted by molar-refractivity contribution is 5.53. The Balaban J connectivity index is 1.80. The van der Waals surface area contributed by atoms with Crippen LogP contribution in [0.4, 0.5) is 36.4 Å². The van der Waals surface area contributed by atoms with Gasteiger partial charge in [-0.3, -0.25) is 0 Å². The van der Waals surface area contributed by atoms with Crippen LogP contribution < -0.4 is 9.64 Å². The molecule has 1 N–H and O–H groups in total. The van der Waals surface area contributed by atoms with E-state index in [1.54, 1.807) is 24.3 Å². The zero-order valence-corrected chi connectivity index (χ0v) is 20.1. The molecule has 1 saturated carbocycles. The van der Waals surface area contributed by atoms with Gasteiger partial charge in [0, 0.05) is 18.3 Å². The van der Waals surface area contributed by atoms with Crippen molar-refractivity contribution in [2.45, 2.75) is 63.3 Å². The predicted molar refractivity (Wildman–Crippen MR) is 125 cm³/mol. The van der Waals surface area contributed by atoms with E-state index in [0.29, 0.717) is 24.0 Å². The SMILES string of the molecule is OC(CN(CC1=CCC=CC(OC(F)(F)C(F)F)=C1)c1cccc(OCC2CCCCC2)c1)C(F)(F)F. The summed E-state index contributed by atoms with van der Waals surface area (Å²) >= 11 is 0. The number of hydrogen-bond acceptors (Lipinski definition) is 4. The number of hydrogen-bond donors (Lipinski definition) is 1. The number of nitrogens with zero attached hydrogens (tertiary/aromatic N) is 1. The highest BCUT2D eigenvalue weighted by Gasteiger charge is 2.44. The molecule has 0 bridgehead atoms. The van der Waals surface area contributed by atoms with Crippen molar-refractivity contribution in [2.75, 3.05) is 24.6 Å². The van der Waals surface area contributed by atoms with Crippen LogP contribution in [0.2, 0.25) is 0 Å². The number of aliphatic hydroxyl groups is 1. The smallest absolute Gasteiger partial charge is 0.461 e. The molecule has 0 heterocycles. The largest absolute Gasteiger partial charge is 0.493 e. The molecule has 0 radical (unpaired) electrons. The molecule has 0 spiro atoms. The second-order valence-corrected chi connectivity index (χ2v) is 9.18. The first-order valence-electron chi connectivity index (χ1n) is 12.1. The molecular weight excluding hydrogens is 507 g/mol. The molecule has 1 aromatic carbocycles. The van der Waals surface area contributed by atoms with E-state index in [2.05, 4.69) is 4.74 Å². The standard InChI is InChI=1S/C26H30F7NO3/c27-24(28)26(32,33)37-22-11-5-4-9-19(13-22)15-34(16-23(35)25(29,30)31)20-10-6-12-21(14-20)36-17-18-7-2-1-3-8-18/h5-6,9-14,18,23-24,35H,1-4,7-8,15-17H2. The summed E-state index contributed by atoms with van der Waals surface area (Å²) in [6, 6.07) is 6.37. The Bertz CT molecular complexity index is 969. The van der Waals surface area contributed by atoms with E-state index in [0.717, 1.165) is 37.8 Å². The minimum absolute atomic E-state index is 0.207. The van der Waals surface area contributed by atoms with E-state index in [-0.39, 0.29) is 18.5 Å². The monoisotopic (exact) mass is 537 g/mol. The average Bonchev–Trinajstić information content (AvgIpc) is 3.06. The Kier molecular flexibility index (Phi) is 9.92. The summed E-state index contributed by atoms with van der Waals surface area (Å²) in [6.07, 6.45) is -5.53. The van der Waals surface area contributed by atoms with Crippen molar-refractivity contribution < 1.29 is 45.3 Å². The first kappa shape index (κ1) is 28.9. The van der Waals surface area contributed by atoms with Gasteiger partial charge in [0.15, 0.2) is 6.10 Å². The van der Waals surface area contributed by atoms with Gasteiger partial charge in [0.2, 0.25) is 0 Å². The van der Waals surface area contributed by atoms with Crippen LogP contribution in [0.25, 0.3) is 0 Å². The second kappa shape index (κ2) is 12.7. The van der Waals surface area contributed by atoms with Crippen LogP contribution in [0.5, 0.6) is 5.75 Å². The third kappa shape index (κ3) is 8.98. The fraction of sp³-hybridized carbons (Fsp3) is 0.538. The Morgan fingerprint density at radius 3 is 2.46 bits per heavy atom. The molecule has 0 saturated heterocycles. The summed E-state index contributed by atoms with van der Waals surface area (Å²) in [4.78, 5) is 1.22. The highest BCUT2D eigenvalue weighted by Crippen LogP contribution is 2.31. The summed E-state index contributed by atoms with van der Waals surface area (Å²) in [6.45, 7) is -0.612. The molecule has 0 aromatic heterocycles. The van der Waals surface area contributed by atoms with E-state index in [4.69, 9.17) is 4.74 Å². The molecule has 37 heavy (non-hydrogen) atoms. The van der Waals surface area contributed by atoms with Crippen molar-refractivity contribution in [3.63, 3.8) is 0 Å². The number of allylic oxidation sites excluding steroid dienone is 3. The first-order valence-corrected chi connectivity index (χ1v) is 12.1. The molecule has 1 fully saturated rings. The maximum absolute atomic E-state index is 13.4. The fourth-order valence-corrected chi connectivity index (χ4v) is 4.20. The number of rotatable bonds is 11. The lowest BCUT2D eigenvalue weighted by molar-refractivity contribution is -0.279. The number of halogens is 7. The van der Waals surface area contributed by atoms with E-state index in [1.165, 1.54) is 23.5 Å². The number of alkyl halides is 7. The first-order chi connectivity index (χ1) is 17.4. The lowest BCUT2D eigenvalue weighted by Gasteiger charge is -2.29. The zero-order chi connectivity index (χ0) is 27.1. The molecule has 2 aliphatic rings. The average molecular weight is 538 g/mol. The lowest BCUT2D eigenvalue weighted by Crippen LogP contribution is -2.41. The molecule has 4 nitrogen and oxygen atoms in total. The van der Waals surface area contributed by atoms with Crippen molar-refractivity contribution in [1.29, 1.82) is 0 Å². The molecule has 206 valence electrons. The van der Waals surface area contributed by atoms with Crippen LogP contribution in [0.3, 0.4) is 0 Å². The molecule has 2 aliphatic carbocycles. The Morgan fingerprint density at radius 2 is 1.78 bits per heavy atom. The van der Waals surface area contributed by atoms with Gasteiger partial charge in [0.1, 0.15) is 11.5 Å². The number of aliphatic hydroxyl groups excluding tert-OH is 1. The van der Waals surface area contributed by atoms with Gasteiger partial charge in [-0.15, -0.1) is 0 Å². The summed E-state index contributed by atoms with van der Waals surface area (Å²) in [5.74, 6) is 0.288. The van der Waals surface area contributed by atoms with Gasteiger partial charge in [0.25, 0.3) is 0 Å². The number of benzene rings is 1. The molecule has 0 amide bonds. The van der Waals surface area contributed by atoms with Crippen LogP contribution in [0.15, 0.2) is 59.9 Å². The van der Waals surface area contributed by atoms with Crippen molar-refractivity contribution in [3.05, 3.63) is 59.9 Å². The predicted octanol–water partition coefficient (Wildman–Crippen LogP) is 7.02. The maximum Gasteiger partial charge on any atom is 0.461 e. The van der Waals surface area contributed by atoms with Gasteiger partial charge >= 0.3 is 18.7 Å². The Hall–Kier alpha value is -2.69. The van der Waals surface area contributed by atoms with Gasteiger partial charge in [-0.25, -0.2) is 0 Å². The summed E-state index contributed by atoms with van der Waals surface area (Å²) < 4.78 is 102. The number of anilines is 1. The minimum atomic E-state index is -4.89. The molecule has 1 atom stereocenters. The van der Waals surface area contributed by atoms with Gasteiger partial charge < -0.3 is 19.5 Å². The van der Waals surface area contributed by atoms with Crippen LogP contribution >= 0.6 is 0 Å². The van der Waals surface area contributed by atoms with Crippen LogP contribution in [-0.4, -0.2) is 49.6 Å². The molecule has 0 aliphatic heterocycles. The Labute approximate surface area is 211 Å². The molecule has 3 rings (SSSR count). The molecule has 11 heteroatoms. The van der Waals surface area contributed by atoms with E-state index < -0.39 is 37.1 Å². The topological polar surface area (TPSA) is 41.9 Å². The highest BCUT2D eigenvalue weighted by atomic mass is 19.4. The maximum atomic E-state index is 13.4. The Morgan fingerprint density at radius 1 is 1.05 bits per heavy atom. The summed E-state index contributed by atoms with van der Waals surface area (Å²) in [7, 11) is 0. The van der Waals surface area contributed by atoms with E-state index >= 15 is 0 Å². The lowest BCUT2D eigenvalue weighted by atomic mass is 9.90. The molecule has 1 unspecified atom stereocenters. The van der Waals surface area contributed by atoms with Crippen molar-refractivity contribution >= 4 is 5.69 Å². The van der Waals surface area contributed by atoms with Crippen LogP contribution in [-0.2, 0) is 4.74 Å². The normalized spacial score (nSPS) is 18.2. The molecule has 1 aromatic rings. The van der Waals surface area contributed by atoms with Gasteiger partial charge in [-0.1, -0.05) is 37.5 Å². The fourth-order valence-electron chi connectivity index (χ4n) is 4.20. The van der Waals surface area contributed by atoms with Gasteiger partial charge in [0.05, 0.1) is 13.2 Å². The van der Waals surface area contributed by atoms with E-state index in [1.807, 2.05) is 0 Å². The quantitative estimate of drug-likeness (QED) is 0.308. The molecular formula is C26H30F7NO3. The third-order valence-corrected chi connectivity index (χ3v) is 6.17. The summed E-state index contributed by atoms with van der Waals surface area (Å²) in [5, 5.41) is 9.76. The van der Waals surface area contributed by atoms with Crippen molar-refractivity contribution in [1.82, 2.24) is 0 Å². The summed E-state index contributed by atoms with van der Waals surface area (Å²) in [5.41, 5.74) is 0.546. The van der Waals surface area contributed by atoms with E-state index in [9.17, 15) is 35.8 Å². The van der Waals surface area contributed by atoms with Gasteiger partial charge in [-0.05, 0) is 55.0 Å². The van der Waals surface area contributed by atoms with Crippen molar-refractivity contribution in [2.24, 2.45) is 5.92 Å². The third-order valence-electron chi connectivity index (χ3n) is 6.17. The van der Waals surface area contributed by atoms with Crippen molar-refractivity contribution in [3.8, 4) is 5.75 Å². The minimum Gasteiger partial charge on any atom is -0.493 e. The second-order valence-electron chi connectivity index (χ2n) is 9.18. The number of ether oxygens (including phenoxy) is 2. The van der Waals surface area contributed by atoms with Crippen LogP contribution in [0, 0.1) is 5.92 Å². The van der Waals surface area contributed by atoms with Gasteiger partial charge in [-0.2, -0.15) is 30.7 Å². The van der Waals surface area contributed by atoms with Crippen LogP contribution in [0.1, 0.15) is 38.5 Å².